The van der Waals surface area contributed by atoms with Gasteiger partial charge in [-0.25, -0.2) is 9.67 Å². The van der Waals surface area contributed by atoms with Gasteiger partial charge in [0.15, 0.2) is 5.78 Å². The van der Waals surface area contributed by atoms with Crippen LogP contribution in [0.1, 0.15) is 40.9 Å². The van der Waals surface area contributed by atoms with Crippen molar-refractivity contribution in [3.8, 4) is 0 Å². The topological polar surface area (TPSA) is 47.8 Å². The van der Waals surface area contributed by atoms with Crippen molar-refractivity contribution in [3.05, 3.63) is 32.4 Å². The van der Waals surface area contributed by atoms with E-state index in [1.165, 1.54) is 17.7 Å². The number of nitrogens with zero attached hydrogens (tertiary/aromatic N) is 3. The molecule has 0 fully saturated rings. The third-order valence-corrected chi connectivity index (χ3v) is 4.76. The summed E-state index contributed by atoms with van der Waals surface area (Å²) in [6.45, 7) is 6.02. The second kappa shape index (κ2) is 5.32. The molecule has 2 aromatic heterocycles. The average molecular weight is 328 g/mol. The highest BCUT2D eigenvalue weighted by Crippen LogP contribution is 2.28. The van der Waals surface area contributed by atoms with Gasteiger partial charge in [-0.3, -0.25) is 4.79 Å². The largest absolute Gasteiger partial charge is 0.293 e. The first-order valence-electron chi connectivity index (χ1n) is 5.66. The van der Waals surface area contributed by atoms with Gasteiger partial charge in [-0.1, -0.05) is 0 Å². The van der Waals surface area contributed by atoms with Crippen LogP contribution in [-0.4, -0.2) is 20.5 Å². The van der Waals surface area contributed by atoms with Crippen molar-refractivity contribution < 1.29 is 4.79 Å². The highest BCUT2D eigenvalue weighted by atomic mass is 79.9. The number of hydrogen-bond acceptors (Lipinski definition) is 4. The van der Waals surface area contributed by atoms with E-state index in [0.717, 1.165) is 20.1 Å². The summed E-state index contributed by atoms with van der Waals surface area (Å²) in [6.07, 6.45) is 1.79. The molecule has 2 heterocycles. The van der Waals surface area contributed by atoms with Crippen molar-refractivity contribution in [3.63, 3.8) is 0 Å². The van der Waals surface area contributed by atoms with Crippen LogP contribution < -0.4 is 0 Å². The number of Topliss-reactive ketones (excluding diaryl/α,β-unsaturated/α-hetero) is 1. The molecule has 0 spiro atoms. The lowest BCUT2D eigenvalue weighted by Crippen LogP contribution is -2.12. The van der Waals surface area contributed by atoms with Crippen LogP contribution in [0.2, 0.25) is 0 Å². The molecule has 0 unspecified atom stereocenters. The van der Waals surface area contributed by atoms with Crippen LogP contribution in [-0.2, 0) is 6.42 Å². The minimum Gasteiger partial charge on any atom is -0.293 e. The first kappa shape index (κ1) is 13.4. The monoisotopic (exact) mass is 327 g/mol. The molecule has 0 bridgehead atoms. The van der Waals surface area contributed by atoms with Crippen molar-refractivity contribution in [2.75, 3.05) is 0 Å². The smallest absolute Gasteiger partial charge is 0.180 e. The fourth-order valence-electron chi connectivity index (χ4n) is 1.66. The van der Waals surface area contributed by atoms with E-state index < -0.39 is 0 Å². The number of hydrogen-bond donors (Lipinski definition) is 0. The van der Waals surface area contributed by atoms with Crippen LogP contribution in [0.5, 0.6) is 0 Å². The normalized spacial score (nSPS) is 11.2. The number of halogens is 1. The lowest BCUT2D eigenvalue weighted by molar-refractivity contribution is 0.0993. The van der Waals surface area contributed by atoms with Gasteiger partial charge in [0.25, 0.3) is 0 Å². The Labute approximate surface area is 118 Å². The molecule has 0 aliphatic carbocycles. The molecule has 0 N–H and O–H groups in total. The van der Waals surface area contributed by atoms with Gasteiger partial charge in [-0.15, -0.1) is 11.3 Å². The van der Waals surface area contributed by atoms with Gasteiger partial charge in [-0.05, 0) is 48.3 Å². The second-order valence-corrected chi connectivity index (χ2v) is 6.75. The molecule has 0 amide bonds. The van der Waals surface area contributed by atoms with Gasteiger partial charge in [0, 0.05) is 6.04 Å². The molecular weight excluding hydrogens is 314 g/mol. The van der Waals surface area contributed by atoms with E-state index in [1.807, 2.05) is 26.8 Å². The summed E-state index contributed by atoms with van der Waals surface area (Å²) in [5.74, 6) is 0.806. The van der Waals surface area contributed by atoms with Crippen molar-refractivity contribution >= 4 is 33.0 Å². The maximum Gasteiger partial charge on any atom is 0.180 e. The van der Waals surface area contributed by atoms with Crippen LogP contribution in [0.3, 0.4) is 0 Å². The summed E-state index contributed by atoms with van der Waals surface area (Å²) in [5, 5.41) is 4.13. The zero-order chi connectivity index (χ0) is 13.3. The maximum atomic E-state index is 12.2. The molecule has 2 rings (SSSR count). The van der Waals surface area contributed by atoms with Crippen molar-refractivity contribution in [1.29, 1.82) is 0 Å². The highest BCUT2D eigenvalue weighted by molar-refractivity contribution is 9.11. The molecule has 0 saturated carbocycles. The first-order chi connectivity index (χ1) is 8.49. The minimum absolute atomic E-state index is 0.0868. The molecule has 2 aromatic rings. The molecule has 6 heteroatoms. The lowest BCUT2D eigenvalue weighted by Gasteiger charge is -2.08. The summed E-state index contributed by atoms with van der Waals surface area (Å²) >= 11 is 4.90. The van der Waals surface area contributed by atoms with Crippen LogP contribution >= 0.6 is 27.3 Å². The molecule has 0 atom stereocenters. The van der Waals surface area contributed by atoms with Crippen LogP contribution in [0.25, 0.3) is 0 Å². The lowest BCUT2D eigenvalue weighted by atomic mass is 10.2. The third-order valence-electron chi connectivity index (χ3n) is 2.59. The predicted molar refractivity (Wildman–Crippen MR) is 75.2 cm³/mol. The first-order valence-corrected chi connectivity index (χ1v) is 7.27. The average Bonchev–Trinajstić information content (AvgIpc) is 2.87. The Kier molecular flexibility index (Phi) is 3.97. The zero-order valence-electron chi connectivity index (χ0n) is 10.5. The Morgan fingerprint density at radius 1 is 1.56 bits per heavy atom. The van der Waals surface area contributed by atoms with E-state index in [4.69, 9.17) is 0 Å². The van der Waals surface area contributed by atoms with Gasteiger partial charge in [0.2, 0.25) is 0 Å². The summed E-state index contributed by atoms with van der Waals surface area (Å²) < 4.78 is 2.80. The number of ketones is 1. The molecule has 0 aliphatic rings. The highest BCUT2D eigenvalue weighted by Gasteiger charge is 2.16. The third kappa shape index (κ3) is 2.70. The van der Waals surface area contributed by atoms with E-state index >= 15 is 0 Å². The SMILES string of the molecule is Cc1cc(C(=O)Cc2ncnn2C(C)C)sc1Br. The molecule has 0 radical (unpaired) electrons. The molecule has 0 aliphatic heterocycles. The van der Waals surface area contributed by atoms with Crippen molar-refractivity contribution in [2.24, 2.45) is 0 Å². The van der Waals surface area contributed by atoms with Crippen molar-refractivity contribution in [1.82, 2.24) is 14.8 Å². The Bertz CT molecular complexity index is 554. The van der Waals surface area contributed by atoms with Gasteiger partial charge in [-0.2, -0.15) is 5.10 Å². The standard InChI is InChI=1S/C12H14BrN3OS/c1-7(2)16-11(14-6-15-16)5-9(17)10-4-8(3)12(13)18-10/h4,6-7H,5H2,1-3H3. The van der Waals surface area contributed by atoms with E-state index in [2.05, 4.69) is 26.0 Å². The molecule has 96 valence electrons. The molecule has 0 saturated heterocycles. The van der Waals surface area contributed by atoms with E-state index in [0.29, 0.717) is 6.42 Å². The van der Waals surface area contributed by atoms with E-state index in [-0.39, 0.29) is 11.8 Å². The molecule has 18 heavy (non-hydrogen) atoms. The zero-order valence-corrected chi connectivity index (χ0v) is 12.9. The van der Waals surface area contributed by atoms with Crippen LogP contribution in [0.4, 0.5) is 0 Å². The van der Waals surface area contributed by atoms with Gasteiger partial charge in [0.1, 0.15) is 12.2 Å². The molecule has 0 aromatic carbocycles. The maximum absolute atomic E-state index is 12.2. The van der Waals surface area contributed by atoms with E-state index in [9.17, 15) is 4.79 Å². The predicted octanol–water partition coefficient (Wildman–Crippen LogP) is 3.42. The van der Waals surface area contributed by atoms with Gasteiger partial charge < -0.3 is 0 Å². The minimum atomic E-state index is 0.0868. The summed E-state index contributed by atoms with van der Waals surface area (Å²) in [5.41, 5.74) is 1.09. The Morgan fingerprint density at radius 3 is 2.83 bits per heavy atom. The summed E-state index contributed by atoms with van der Waals surface area (Å²) in [6, 6.07) is 2.12. The molecular formula is C12H14BrN3OS. The number of carbonyl (C=O) groups is 1. The van der Waals surface area contributed by atoms with E-state index in [1.54, 1.807) is 4.68 Å². The Hall–Kier alpha value is -1.01. The fraction of sp³-hybridized carbons (Fsp3) is 0.417. The summed E-state index contributed by atoms with van der Waals surface area (Å²) in [7, 11) is 0. The number of aryl methyl sites for hydroxylation is 1. The van der Waals surface area contributed by atoms with Crippen LogP contribution in [0, 0.1) is 6.92 Å². The van der Waals surface area contributed by atoms with Crippen LogP contribution in [0.15, 0.2) is 16.2 Å². The Balaban J connectivity index is 2.19. The summed E-state index contributed by atoms with van der Waals surface area (Å²) in [4.78, 5) is 17.1. The number of carbonyl (C=O) groups excluding carboxylic acids is 1. The van der Waals surface area contributed by atoms with Gasteiger partial charge in [0.05, 0.1) is 15.1 Å². The Morgan fingerprint density at radius 2 is 2.28 bits per heavy atom. The fourth-order valence-corrected chi connectivity index (χ4v) is 3.13. The number of aromatic nitrogens is 3. The quantitative estimate of drug-likeness (QED) is 0.808. The second-order valence-electron chi connectivity index (χ2n) is 4.38. The van der Waals surface area contributed by atoms with Crippen molar-refractivity contribution in [2.45, 2.75) is 33.2 Å². The van der Waals surface area contributed by atoms with Gasteiger partial charge >= 0.3 is 0 Å². The number of rotatable bonds is 4. The molecule has 4 nitrogen and oxygen atoms in total. The number of thiophene rings is 1.